The quantitative estimate of drug-likeness (QED) is 0.124. The molecule has 10 nitrogen and oxygen atoms in total. The van der Waals surface area contributed by atoms with E-state index in [2.05, 4.69) is 21.1 Å². The molecule has 1 N–H and O–H groups in total. The number of halogens is 2. The summed E-state index contributed by atoms with van der Waals surface area (Å²) in [5.41, 5.74) is 1.74. The van der Waals surface area contributed by atoms with Crippen LogP contribution in [0, 0.1) is 23.0 Å². The molecule has 0 saturated carbocycles. The van der Waals surface area contributed by atoms with Gasteiger partial charge in [-0.25, -0.2) is 28.2 Å². The fourth-order valence-corrected chi connectivity index (χ4v) is 6.95. The summed E-state index contributed by atoms with van der Waals surface area (Å²) < 4.78 is 43.4. The Balaban J connectivity index is 1.25. The van der Waals surface area contributed by atoms with Crippen molar-refractivity contribution in [2.24, 2.45) is 0 Å². The molecule has 0 bridgehead atoms. The number of benzene rings is 3. The molecule has 0 aliphatic carbocycles. The van der Waals surface area contributed by atoms with Crippen LogP contribution in [0.3, 0.4) is 0 Å². The van der Waals surface area contributed by atoms with Gasteiger partial charge in [-0.05, 0) is 48.7 Å². The molecule has 0 spiro atoms. The number of hydrogen-bond acceptors (Lipinski definition) is 10. The van der Waals surface area contributed by atoms with E-state index >= 15 is 4.39 Å². The van der Waals surface area contributed by atoms with Crippen molar-refractivity contribution in [3.63, 3.8) is 0 Å². The van der Waals surface area contributed by atoms with E-state index in [1.54, 1.807) is 36.4 Å². The van der Waals surface area contributed by atoms with Crippen molar-refractivity contribution in [3.8, 4) is 17.3 Å². The zero-order chi connectivity index (χ0) is 34.4. The Kier molecular flexibility index (Phi) is 10.5. The minimum atomic E-state index is -1.59. The van der Waals surface area contributed by atoms with Gasteiger partial charge >= 0.3 is 5.97 Å². The van der Waals surface area contributed by atoms with Crippen LogP contribution in [0.5, 0.6) is 0 Å². The summed E-state index contributed by atoms with van der Waals surface area (Å²) >= 11 is 1.33. The smallest absolute Gasteiger partial charge is 0.340 e. The normalized spacial score (nSPS) is 15.7. The SMILES string of the molecule is C[C@@H](c1nc(-c2ccc(C#N)cc2)cs1)[C@@](Cn1cncn1)(OCOC(=O)c1ccc(CN2CCC(O)CC2)cc1)c1ccc(F)cc1F. The van der Waals surface area contributed by atoms with Crippen molar-refractivity contribution in [1.82, 2.24) is 24.6 Å². The predicted molar refractivity (Wildman–Crippen MR) is 177 cm³/mol. The lowest BCUT2D eigenvalue weighted by Crippen LogP contribution is -2.42. The Bertz CT molecular complexity index is 1910. The maximum atomic E-state index is 15.7. The highest BCUT2D eigenvalue weighted by Gasteiger charge is 2.45. The summed E-state index contributed by atoms with van der Waals surface area (Å²) in [7, 11) is 0. The van der Waals surface area contributed by atoms with Crippen LogP contribution in [-0.2, 0) is 28.2 Å². The van der Waals surface area contributed by atoms with E-state index < -0.39 is 35.9 Å². The molecular formula is C36H34F2N6O4S. The molecule has 1 saturated heterocycles. The number of nitriles is 1. The molecule has 3 aromatic carbocycles. The molecule has 49 heavy (non-hydrogen) atoms. The van der Waals surface area contributed by atoms with Crippen molar-refractivity contribution in [1.29, 1.82) is 5.26 Å². The summed E-state index contributed by atoms with van der Waals surface area (Å²) in [6.07, 6.45) is 4.02. The van der Waals surface area contributed by atoms with Gasteiger partial charge in [0.2, 0.25) is 0 Å². The van der Waals surface area contributed by atoms with Crippen LogP contribution in [0.15, 0.2) is 84.8 Å². The predicted octanol–water partition coefficient (Wildman–Crippen LogP) is 6.04. The Morgan fingerprint density at radius 3 is 2.55 bits per heavy atom. The third-order valence-corrected chi connectivity index (χ3v) is 9.84. The Morgan fingerprint density at radius 2 is 1.88 bits per heavy atom. The molecule has 2 atom stereocenters. The second kappa shape index (κ2) is 15.1. The van der Waals surface area contributed by atoms with Crippen LogP contribution in [0.25, 0.3) is 11.3 Å². The Morgan fingerprint density at radius 1 is 1.12 bits per heavy atom. The summed E-state index contributed by atoms with van der Waals surface area (Å²) in [6.45, 7) is 3.51. The van der Waals surface area contributed by atoms with Gasteiger partial charge in [0.05, 0.1) is 40.5 Å². The molecule has 1 aliphatic heterocycles. The van der Waals surface area contributed by atoms with Crippen molar-refractivity contribution in [2.45, 2.75) is 50.5 Å². The number of aliphatic hydroxyl groups excluding tert-OH is 1. The third kappa shape index (κ3) is 7.90. The number of carbonyl (C=O) groups excluding carboxylic acids is 1. The number of nitrogens with zero attached hydrogens (tertiary/aromatic N) is 6. The van der Waals surface area contributed by atoms with Gasteiger partial charge in [-0.3, -0.25) is 4.90 Å². The highest BCUT2D eigenvalue weighted by molar-refractivity contribution is 7.10. The van der Waals surface area contributed by atoms with Gasteiger partial charge in [0.1, 0.15) is 29.9 Å². The topological polar surface area (TPSA) is 126 Å². The first-order valence-electron chi connectivity index (χ1n) is 15.8. The fourth-order valence-electron chi connectivity index (χ4n) is 5.98. The van der Waals surface area contributed by atoms with E-state index in [4.69, 9.17) is 14.5 Å². The molecule has 3 heterocycles. The highest BCUT2D eigenvalue weighted by Crippen LogP contribution is 2.44. The molecule has 0 unspecified atom stereocenters. The van der Waals surface area contributed by atoms with Crippen LogP contribution in [0.2, 0.25) is 0 Å². The number of esters is 1. The number of aliphatic hydroxyl groups is 1. The lowest BCUT2D eigenvalue weighted by Gasteiger charge is -2.38. The zero-order valence-corrected chi connectivity index (χ0v) is 27.5. The van der Waals surface area contributed by atoms with E-state index in [0.29, 0.717) is 28.4 Å². The van der Waals surface area contributed by atoms with Gasteiger partial charge in [0.15, 0.2) is 6.79 Å². The molecule has 252 valence electrons. The first-order valence-corrected chi connectivity index (χ1v) is 16.7. The summed E-state index contributed by atoms with van der Waals surface area (Å²) in [5, 5.41) is 25.6. The largest absolute Gasteiger partial charge is 0.435 e. The van der Waals surface area contributed by atoms with Gasteiger partial charge < -0.3 is 14.6 Å². The van der Waals surface area contributed by atoms with Crippen LogP contribution in [-0.4, -0.2) is 61.7 Å². The Hall–Kier alpha value is -4.87. The minimum absolute atomic E-state index is 0.0256. The number of thiazole rings is 1. The zero-order valence-electron chi connectivity index (χ0n) is 26.7. The van der Waals surface area contributed by atoms with Gasteiger partial charge in [0.25, 0.3) is 0 Å². The molecule has 1 aliphatic rings. The first-order chi connectivity index (χ1) is 23.7. The molecule has 2 aromatic heterocycles. The monoisotopic (exact) mass is 684 g/mol. The summed E-state index contributed by atoms with van der Waals surface area (Å²) in [6, 6.07) is 19.4. The van der Waals surface area contributed by atoms with Gasteiger partial charge in [-0.2, -0.15) is 10.4 Å². The summed E-state index contributed by atoms with van der Waals surface area (Å²) in [4.78, 5) is 24.3. The molecule has 0 amide bonds. The van der Waals surface area contributed by atoms with Crippen molar-refractivity contribution in [2.75, 3.05) is 19.9 Å². The van der Waals surface area contributed by atoms with Crippen molar-refractivity contribution < 1.29 is 28.2 Å². The van der Waals surface area contributed by atoms with Crippen LogP contribution in [0.4, 0.5) is 8.78 Å². The standard InChI is InChI=1S/C36H34F2N6O4S/c1-24(34-42-33(19-49-34)27-6-2-25(17-39)3-7-27)36(20-44-22-40-21-41-44,31-11-10-29(37)16-32(31)38)48-23-47-35(46)28-8-4-26(5-9-28)18-43-14-12-30(45)13-15-43/h2-11,16,19,21-22,24,30,45H,12-15,18,20,23H2,1H3/t24-,36+/m0/s1. The number of carbonyl (C=O) groups is 1. The maximum Gasteiger partial charge on any atom is 0.340 e. The average molecular weight is 685 g/mol. The molecule has 13 heteroatoms. The lowest BCUT2D eigenvalue weighted by molar-refractivity contribution is -0.148. The minimum Gasteiger partial charge on any atom is -0.435 e. The van der Waals surface area contributed by atoms with E-state index in [0.717, 1.165) is 49.2 Å². The Labute approximate surface area is 286 Å². The highest BCUT2D eigenvalue weighted by atomic mass is 32.1. The van der Waals surface area contributed by atoms with Crippen molar-refractivity contribution in [3.05, 3.63) is 124 Å². The van der Waals surface area contributed by atoms with Crippen molar-refractivity contribution >= 4 is 17.3 Å². The van der Waals surface area contributed by atoms with Crippen LogP contribution in [0.1, 0.15) is 57.7 Å². The lowest BCUT2D eigenvalue weighted by atomic mass is 9.81. The van der Waals surface area contributed by atoms with E-state index in [1.807, 2.05) is 24.4 Å². The number of piperidine rings is 1. The van der Waals surface area contributed by atoms with Gasteiger partial charge in [-0.1, -0.05) is 37.3 Å². The second-order valence-electron chi connectivity index (χ2n) is 12.0. The number of hydrogen-bond donors (Lipinski definition) is 1. The first kappa shape index (κ1) is 34.0. The van der Waals surface area contributed by atoms with Gasteiger partial charge in [0, 0.05) is 48.1 Å². The molecule has 6 rings (SSSR count). The molecule has 0 radical (unpaired) electrons. The van der Waals surface area contributed by atoms with Crippen LogP contribution < -0.4 is 0 Å². The van der Waals surface area contributed by atoms with Gasteiger partial charge in [-0.15, -0.1) is 11.3 Å². The second-order valence-corrected chi connectivity index (χ2v) is 12.9. The summed E-state index contributed by atoms with van der Waals surface area (Å²) in [5.74, 6) is -2.90. The van der Waals surface area contributed by atoms with E-state index in [1.165, 1.54) is 34.7 Å². The maximum absolute atomic E-state index is 15.7. The van der Waals surface area contributed by atoms with Crippen LogP contribution >= 0.6 is 11.3 Å². The average Bonchev–Trinajstić information content (AvgIpc) is 3.82. The van der Waals surface area contributed by atoms with E-state index in [-0.39, 0.29) is 18.2 Å². The number of ether oxygens (including phenoxy) is 2. The van der Waals surface area contributed by atoms with E-state index in [9.17, 15) is 19.6 Å². The number of aromatic nitrogens is 4. The molecule has 5 aromatic rings. The fraction of sp³-hybridized carbons (Fsp3) is 0.306. The molecular weight excluding hydrogens is 650 g/mol. The third-order valence-electron chi connectivity index (χ3n) is 8.81. The number of likely N-dealkylation sites (tertiary alicyclic amines) is 1. The number of rotatable bonds is 12. The molecule has 1 fully saturated rings.